The van der Waals surface area contributed by atoms with E-state index in [2.05, 4.69) is 16.9 Å². The van der Waals surface area contributed by atoms with Gasteiger partial charge < -0.3 is 14.6 Å². The summed E-state index contributed by atoms with van der Waals surface area (Å²) in [5.74, 6) is 0.327. The molecular weight excluding hydrogens is 350 g/mol. The number of halogens is 1. The maximum atomic E-state index is 12.2. The van der Waals surface area contributed by atoms with Crippen molar-refractivity contribution in [3.63, 3.8) is 0 Å². The van der Waals surface area contributed by atoms with Gasteiger partial charge in [0.05, 0.1) is 12.0 Å². The van der Waals surface area contributed by atoms with Gasteiger partial charge in [-0.05, 0) is 42.8 Å². The molecule has 6 heteroatoms. The number of imidazole rings is 1. The Kier molecular flexibility index (Phi) is 5.39. The van der Waals surface area contributed by atoms with Gasteiger partial charge in [-0.3, -0.25) is 4.79 Å². The van der Waals surface area contributed by atoms with Crippen LogP contribution in [0.1, 0.15) is 11.1 Å². The standard InChI is InChI=1S/C20H18ClN3O2/c1-14-11-16(21)7-8-18(14)23-20(25)12-26-19-6-4-3-5-17(19)15(2)24-10-9-22-13-24/h3-11,13H,2,12H2,1H3,(H,23,25). The summed E-state index contributed by atoms with van der Waals surface area (Å²) in [6.07, 6.45) is 5.14. The van der Waals surface area contributed by atoms with Crippen molar-refractivity contribution in [2.24, 2.45) is 0 Å². The molecule has 0 aliphatic carbocycles. The number of hydrogen-bond donors (Lipinski definition) is 1. The highest BCUT2D eigenvalue weighted by Crippen LogP contribution is 2.26. The second-order valence-electron chi connectivity index (χ2n) is 5.71. The Bertz CT molecular complexity index is 936. The number of nitrogens with zero attached hydrogens (tertiary/aromatic N) is 2. The zero-order valence-electron chi connectivity index (χ0n) is 14.3. The van der Waals surface area contributed by atoms with E-state index >= 15 is 0 Å². The zero-order chi connectivity index (χ0) is 18.5. The molecule has 0 fully saturated rings. The van der Waals surface area contributed by atoms with Crippen LogP contribution in [0.25, 0.3) is 5.70 Å². The van der Waals surface area contributed by atoms with Gasteiger partial charge in [0.15, 0.2) is 6.61 Å². The van der Waals surface area contributed by atoms with Crippen molar-refractivity contribution < 1.29 is 9.53 Å². The van der Waals surface area contributed by atoms with Crippen LogP contribution in [0.4, 0.5) is 5.69 Å². The number of rotatable bonds is 6. The fourth-order valence-electron chi connectivity index (χ4n) is 2.49. The molecule has 2 aromatic carbocycles. The highest BCUT2D eigenvalue weighted by molar-refractivity contribution is 6.30. The summed E-state index contributed by atoms with van der Waals surface area (Å²) in [6.45, 7) is 5.84. The number of aryl methyl sites for hydroxylation is 1. The lowest BCUT2D eigenvalue weighted by molar-refractivity contribution is -0.118. The van der Waals surface area contributed by atoms with Gasteiger partial charge >= 0.3 is 0 Å². The summed E-state index contributed by atoms with van der Waals surface area (Å²) < 4.78 is 7.51. The largest absolute Gasteiger partial charge is 0.483 e. The average molecular weight is 368 g/mol. The normalized spacial score (nSPS) is 10.4. The van der Waals surface area contributed by atoms with Crippen molar-refractivity contribution in [2.75, 3.05) is 11.9 Å². The Balaban J connectivity index is 1.68. The first-order valence-corrected chi connectivity index (χ1v) is 8.38. The first kappa shape index (κ1) is 17.8. The number of nitrogens with one attached hydrogen (secondary N) is 1. The van der Waals surface area contributed by atoms with E-state index in [9.17, 15) is 4.79 Å². The van der Waals surface area contributed by atoms with Crippen LogP contribution in [-0.4, -0.2) is 22.1 Å². The van der Waals surface area contributed by atoms with E-state index in [0.29, 0.717) is 22.2 Å². The van der Waals surface area contributed by atoms with E-state index < -0.39 is 0 Å². The summed E-state index contributed by atoms with van der Waals surface area (Å²) in [5.41, 5.74) is 3.10. The minimum Gasteiger partial charge on any atom is -0.483 e. The Morgan fingerprint density at radius 2 is 2.12 bits per heavy atom. The lowest BCUT2D eigenvalue weighted by Gasteiger charge is -2.14. The van der Waals surface area contributed by atoms with E-state index in [1.165, 1.54) is 0 Å². The first-order chi connectivity index (χ1) is 12.5. The van der Waals surface area contributed by atoms with E-state index in [-0.39, 0.29) is 12.5 Å². The second kappa shape index (κ2) is 7.89. The molecule has 1 amide bonds. The number of anilines is 1. The fourth-order valence-corrected chi connectivity index (χ4v) is 2.71. The summed E-state index contributed by atoms with van der Waals surface area (Å²) in [6, 6.07) is 12.7. The molecule has 132 valence electrons. The van der Waals surface area contributed by atoms with Crippen LogP contribution in [-0.2, 0) is 4.79 Å². The molecular formula is C20H18ClN3O2. The van der Waals surface area contributed by atoms with Gasteiger partial charge in [0.25, 0.3) is 5.91 Å². The third-order valence-electron chi connectivity index (χ3n) is 3.84. The lowest BCUT2D eigenvalue weighted by atomic mass is 10.1. The van der Waals surface area contributed by atoms with E-state index in [1.807, 2.05) is 25.1 Å². The molecule has 0 spiro atoms. The molecule has 0 atom stereocenters. The molecule has 0 saturated carbocycles. The van der Waals surface area contributed by atoms with Crippen molar-refractivity contribution in [1.29, 1.82) is 0 Å². The van der Waals surface area contributed by atoms with Gasteiger partial charge in [0.2, 0.25) is 0 Å². The van der Waals surface area contributed by atoms with Crippen LogP contribution in [0.3, 0.4) is 0 Å². The molecule has 3 rings (SSSR count). The van der Waals surface area contributed by atoms with Crippen molar-refractivity contribution in [2.45, 2.75) is 6.92 Å². The molecule has 0 radical (unpaired) electrons. The minimum absolute atomic E-state index is 0.115. The summed E-state index contributed by atoms with van der Waals surface area (Å²) in [5, 5.41) is 3.45. The number of benzene rings is 2. The Labute approximate surface area is 156 Å². The van der Waals surface area contributed by atoms with Gasteiger partial charge in [-0.2, -0.15) is 0 Å². The molecule has 0 aliphatic heterocycles. The molecule has 1 aromatic heterocycles. The topological polar surface area (TPSA) is 56.1 Å². The Morgan fingerprint density at radius 1 is 1.31 bits per heavy atom. The van der Waals surface area contributed by atoms with E-state index in [0.717, 1.165) is 11.1 Å². The monoisotopic (exact) mass is 367 g/mol. The molecule has 26 heavy (non-hydrogen) atoms. The van der Waals surface area contributed by atoms with E-state index in [1.54, 1.807) is 47.6 Å². The summed E-state index contributed by atoms with van der Waals surface area (Å²) >= 11 is 5.93. The molecule has 0 unspecified atom stereocenters. The van der Waals surface area contributed by atoms with Crippen molar-refractivity contribution in [3.8, 4) is 5.75 Å². The highest BCUT2D eigenvalue weighted by Gasteiger charge is 2.11. The number of carbonyl (C=O) groups is 1. The molecule has 0 bridgehead atoms. The highest BCUT2D eigenvalue weighted by atomic mass is 35.5. The molecule has 1 N–H and O–H groups in total. The van der Waals surface area contributed by atoms with Gasteiger partial charge in [0, 0.05) is 28.7 Å². The Hall–Kier alpha value is -3.05. The number of ether oxygens (including phenoxy) is 1. The van der Waals surface area contributed by atoms with Gasteiger partial charge in [0.1, 0.15) is 5.75 Å². The molecule has 0 saturated heterocycles. The van der Waals surface area contributed by atoms with Crippen molar-refractivity contribution in [1.82, 2.24) is 9.55 Å². The number of para-hydroxylation sites is 1. The molecule has 1 heterocycles. The number of amides is 1. The van der Waals surface area contributed by atoms with E-state index in [4.69, 9.17) is 16.3 Å². The Morgan fingerprint density at radius 3 is 2.85 bits per heavy atom. The van der Waals surface area contributed by atoms with Crippen LogP contribution in [0.5, 0.6) is 5.75 Å². The average Bonchev–Trinajstić information content (AvgIpc) is 3.17. The molecule has 3 aromatic rings. The zero-order valence-corrected chi connectivity index (χ0v) is 15.0. The third kappa shape index (κ3) is 4.13. The third-order valence-corrected chi connectivity index (χ3v) is 4.07. The number of hydrogen-bond acceptors (Lipinski definition) is 3. The summed E-state index contributed by atoms with van der Waals surface area (Å²) in [4.78, 5) is 16.2. The second-order valence-corrected chi connectivity index (χ2v) is 6.15. The summed E-state index contributed by atoms with van der Waals surface area (Å²) in [7, 11) is 0. The van der Waals surface area contributed by atoms with Crippen molar-refractivity contribution in [3.05, 3.63) is 83.9 Å². The fraction of sp³-hybridized carbons (Fsp3) is 0.100. The number of carbonyl (C=O) groups excluding carboxylic acids is 1. The van der Waals surface area contributed by atoms with Gasteiger partial charge in [-0.15, -0.1) is 0 Å². The van der Waals surface area contributed by atoms with Gasteiger partial charge in [-0.1, -0.05) is 30.3 Å². The quantitative estimate of drug-likeness (QED) is 0.703. The van der Waals surface area contributed by atoms with Gasteiger partial charge in [-0.25, -0.2) is 4.98 Å². The van der Waals surface area contributed by atoms with Crippen LogP contribution < -0.4 is 10.1 Å². The molecule has 0 aliphatic rings. The predicted molar refractivity (Wildman–Crippen MR) is 103 cm³/mol. The SMILES string of the molecule is C=C(c1ccccc1OCC(=O)Nc1ccc(Cl)cc1C)n1ccnc1. The van der Waals surface area contributed by atoms with Crippen LogP contribution in [0.15, 0.2) is 67.8 Å². The van der Waals surface area contributed by atoms with Crippen molar-refractivity contribution >= 4 is 28.9 Å². The predicted octanol–water partition coefficient (Wildman–Crippen LogP) is 4.38. The maximum Gasteiger partial charge on any atom is 0.262 e. The number of aromatic nitrogens is 2. The van der Waals surface area contributed by atoms with Crippen LogP contribution >= 0.6 is 11.6 Å². The first-order valence-electron chi connectivity index (χ1n) is 8.00. The molecule has 5 nitrogen and oxygen atoms in total. The van der Waals surface area contributed by atoms with Crippen LogP contribution in [0, 0.1) is 6.92 Å². The van der Waals surface area contributed by atoms with Crippen LogP contribution in [0.2, 0.25) is 5.02 Å². The lowest BCUT2D eigenvalue weighted by Crippen LogP contribution is -2.21. The maximum absolute atomic E-state index is 12.2. The minimum atomic E-state index is -0.251. The smallest absolute Gasteiger partial charge is 0.262 e.